The van der Waals surface area contributed by atoms with Crippen molar-refractivity contribution in [3.05, 3.63) is 57.9 Å². The molecule has 21 heavy (non-hydrogen) atoms. The first-order valence-electron chi connectivity index (χ1n) is 6.66. The van der Waals surface area contributed by atoms with Gasteiger partial charge in [0.2, 0.25) is 9.84 Å². The molecule has 5 heteroatoms. The Morgan fingerprint density at radius 2 is 1.76 bits per heavy atom. The van der Waals surface area contributed by atoms with Gasteiger partial charge in [0, 0.05) is 12.0 Å². The summed E-state index contributed by atoms with van der Waals surface area (Å²) in [5, 5.41) is 7.46. The first-order chi connectivity index (χ1) is 9.73. The third kappa shape index (κ3) is 2.93. The summed E-state index contributed by atoms with van der Waals surface area (Å²) in [4.78, 5) is 0.561. The van der Waals surface area contributed by atoms with Gasteiger partial charge in [-0.2, -0.15) is 0 Å². The molecule has 0 fully saturated rings. The molecule has 0 heterocycles. The van der Waals surface area contributed by atoms with Crippen LogP contribution in [0.5, 0.6) is 0 Å². The Balaban J connectivity index is 2.59. The Labute approximate surface area is 125 Å². The van der Waals surface area contributed by atoms with Crippen LogP contribution in [0.2, 0.25) is 0 Å². The normalized spacial score (nSPS) is 15.4. The number of sulfone groups is 1. The Hall–Kier alpha value is -1.88. The minimum atomic E-state index is -3.59. The van der Waals surface area contributed by atoms with Crippen molar-refractivity contribution in [2.75, 3.05) is 0 Å². The molecule has 1 aromatic carbocycles. The molecule has 0 aliphatic heterocycles. The largest absolute Gasteiger partial charge is 0.384 e. The maximum atomic E-state index is 12.9. The highest BCUT2D eigenvalue weighted by Crippen LogP contribution is 2.31. The predicted octanol–water partition coefficient (Wildman–Crippen LogP) is 2.74. The highest BCUT2D eigenvalue weighted by molar-refractivity contribution is 7.95. The van der Waals surface area contributed by atoms with Crippen molar-refractivity contribution in [1.82, 2.24) is 0 Å². The molecule has 2 rings (SSSR count). The van der Waals surface area contributed by atoms with Crippen LogP contribution in [0.4, 0.5) is 0 Å². The average Bonchev–Trinajstić information content (AvgIpc) is 2.37. The van der Waals surface area contributed by atoms with Crippen molar-refractivity contribution < 1.29 is 8.42 Å². The summed E-state index contributed by atoms with van der Waals surface area (Å²) in [5.41, 5.74) is 8.42. The zero-order valence-electron chi connectivity index (χ0n) is 12.4. The van der Waals surface area contributed by atoms with Crippen LogP contribution in [-0.2, 0) is 9.84 Å². The van der Waals surface area contributed by atoms with Gasteiger partial charge in [0.25, 0.3) is 0 Å². The van der Waals surface area contributed by atoms with Crippen LogP contribution in [0.3, 0.4) is 0 Å². The second kappa shape index (κ2) is 5.48. The van der Waals surface area contributed by atoms with Crippen LogP contribution in [0.1, 0.15) is 23.1 Å². The van der Waals surface area contributed by atoms with Gasteiger partial charge in [0.1, 0.15) is 5.84 Å². The van der Waals surface area contributed by atoms with Crippen molar-refractivity contribution in [1.29, 1.82) is 5.41 Å². The van der Waals surface area contributed by atoms with Crippen LogP contribution in [-0.4, -0.2) is 14.3 Å². The number of rotatable bonds is 3. The van der Waals surface area contributed by atoms with Crippen LogP contribution in [0.25, 0.3) is 0 Å². The average molecular weight is 303 g/mol. The van der Waals surface area contributed by atoms with Gasteiger partial charge in [0.05, 0.1) is 9.80 Å². The lowest BCUT2D eigenvalue weighted by Crippen LogP contribution is -2.17. The first-order valence-corrected chi connectivity index (χ1v) is 8.14. The van der Waals surface area contributed by atoms with E-state index in [-0.39, 0.29) is 10.7 Å². The van der Waals surface area contributed by atoms with E-state index in [4.69, 9.17) is 11.1 Å². The van der Waals surface area contributed by atoms with Crippen LogP contribution >= 0.6 is 0 Å². The lowest BCUT2D eigenvalue weighted by atomic mass is 10.1. The monoisotopic (exact) mass is 303 g/mol. The summed E-state index contributed by atoms with van der Waals surface area (Å²) in [5.74, 6) is -0.117. The van der Waals surface area contributed by atoms with Gasteiger partial charge in [-0.15, -0.1) is 0 Å². The molecule has 0 spiro atoms. The van der Waals surface area contributed by atoms with Crippen molar-refractivity contribution in [3.63, 3.8) is 0 Å². The maximum Gasteiger partial charge on any atom is 0.203 e. The number of allylic oxidation sites excluding steroid dienone is 2. The van der Waals surface area contributed by atoms with Crippen molar-refractivity contribution in [2.24, 2.45) is 5.73 Å². The fraction of sp³-hybridized carbons (Fsp3) is 0.250. The third-order valence-electron chi connectivity index (χ3n) is 3.45. The van der Waals surface area contributed by atoms with E-state index in [2.05, 4.69) is 0 Å². The Morgan fingerprint density at radius 3 is 2.29 bits per heavy atom. The molecule has 0 saturated heterocycles. The van der Waals surface area contributed by atoms with E-state index in [1.54, 1.807) is 26.3 Å². The molecule has 0 bridgehead atoms. The third-order valence-corrected chi connectivity index (χ3v) is 5.54. The molecular formula is C16H19N2O2S. The van der Waals surface area contributed by atoms with E-state index >= 15 is 0 Å². The number of hydrogen-bond donors (Lipinski definition) is 2. The summed E-state index contributed by atoms with van der Waals surface area (Å²) in [7, 11) is -3.59. The number of benzene rings is 1. The molecule has 1 radical (unpaired) electrons. The number of amidine groups is 1. The molecule has 111 valence electrons. The standard InChI is InChI=1S/C16H19N2O2S/c1-10-7-11(2)15(12(3)8-10)21(19,20)14-6-4-5-13(9-14)16(17)18/h5-9H,4H2,1-3H3,(H3,17,18). The first kappa shape index (κ1) is 15.5. The maximum absolute atomic E-state index is 12.9. The zero-order chi connectivity index (χ0) is 15.8. The lowest BCUT2D eigenvalue weighted by Gasteiger charge is -2.17. The highest BCUT2D eigenvalue weighted by Gasteiger charge is 2.26. The molecular weight excluding hydrogens is 284 g/mol. The van der Waals surface area contributed by atoms with Crippen molar-refractivity contribution in [2.45, 2.75) is 32.1 Å². The summed E-state index contributed by atoms with van der Waals surface area (Å²) in [6.45, 7) is 5.55. The predicted molar refractivity (Wildman–Crippen MR) is 84.8 cm³/mol. The van der Waals surface area contributed by atoms with Crippen LogP contribution in [0.15, 0.2) is 39.7 Å². The molecule has 0 aromatic heterocycles. The molecule has 0 atom stereocenters. The topological polar surface area (TPSA) is 84.0 Å². The van der Waals surface area contributed by atoms with E-state index < -0.39 is 9.84 Å². The molecule has 0 unspecified atom stereocenters. The molecule has 1 aromatic rings. The number of hydrogen-bond acceptors (Lipinski definition) is 3. The van der Waals surface area contributed by atoms with E-state index in [0.29, 0.717) is 16.9 Å². The molecule has 3 N–H and O–H groups in total. The van der Waals surface area contributed by atoms with Gasteiger partial charge in [0.15, 0.2) is 0 Å². The number of nitrogens with one attached hydrogen (secondary N) is 1. The fourth-order valence-corrected chi connectivity index (χ4v) is 4.46. The van der Waals surface area contributed by atoms with Gasteiger partial charge in [-0.3, -0.25) is 5.41 Å². The fourth-order valence-electron chi connectivity index (χ4n) is 2.66. The van der Waals surface area contributed by atoms with E-state index in [1.165, 1.54) is 6.08 Å². The SMILES string of the molecule is Cc1cc(C)c(S(=O)(=O)C2=CC(C(=N)N)=CC[CH]2)c(C)c1. The Kier molecular flexibility index (Phi) is 4.05. The van der Waals surface area contributed by atoms with Gasteiger partial charge in [-0.1, -0.05) is 23.8 Å². The minimum absolute atomic E-state index is 0.117. The van der Waals surface area contributed by atoms with Crippen LogP contribution < -0.4 is 5.73 Å². The Bertz CT molecular complexity index is 748. The van der Waals surface area contributed by atoms with Crippen LogP contribution in [0, 0.1) is 32.6 Å². The van der Waals surface area contributed by atoms with Gasteiger partial charge in [-0.05, 0) is 44.4 Å². The molecule has 1 aliphatic carbocycles. The Morgan fingerprint density at radius 1 is 1.19 bits per heavy atom. The molecule has 4 nitrogen and oxygen atoms in total. The second-order valence-corrected chi connectivity index (χ2v) is 7.18. The molecule has 0 saturated carbocycles. The van der Waals surface area contributed by atoms with Gasteiger partial charge >= 0.3 is 0 Å². The van der Waals surface area contributed by atoms with Crippen molar-refractivity contribution in [3.8, 4) is 0 Å². The van der Waals surface area contributed by atoms with E-state index in [1.807, 2.05) is 19.1 Å². The second-order valence-electron chi connectivity index (χ2n) is 5.29. The van der Waals surface area contributed by atoms with E-state index in [9.17, 15) is 8.42 Å². The highest BCUT2D eigenvalue weighted by atomic mass is 32.2. The summed E-state index contributed by atoms with van der Waals surface area (Å²) in [6, 6.07) is 3.73. The summed E-state index contributed by atoms with van der Waals surface area (Å²) in [6.07, 6.45) is 5.33. The molecule has 0 amide bonds. The van der Waals surface area contributed by atoms with Gasteiger partial charge < -0.3 is 5.73 Å². The quantitative estimate of drug-likeness (QED) is 0.665. The summed E-state index contributed by atoms with van der Waals surface area (Å²) >= 11 is 0. The smallest absolute Gasteiger partial charge is 0.203 e. The zero-order valence-corrected chi connectivity index (χ0v) is 13.2. The lowest BCUT2D eigenvalue weighted by molar-refractivity contribution is 0.601. The molecule has 1 aliphatic rings. The van der Waals surface area contributed by atoms with Gasteiger partial charge in [-0.25, -0.2) is 8.42 Å². The summed E-state index contributed by atoms with van der Waals surface area (Å²) < 4.78 is 25.7. The number of aryl methyl sites for hydroxylation is 3. The van der Waals surface area contributed by atoms with E-state index in [0.717, 1.165) is 16.7 Å². The minimum Gasteiger partial charge on any atom is -0.384 e. The number of nitrogens with two attached hydrogens (primary N) is 1. The van der Waals surface area contributed by atoms with Crippen molar-refractivity contribution >= 4 is 15.7 Å².